The molecule has 2 atom stereocenters. The van der Waals surface area contributed by atoms with E-state index in [4.69, 9.17) is 10.5 Å². The Bertz CT molecular complexity index is 184. The van der Waals surface area contributed by atoms with E-state index in [0.29, 0.717) is 6.04 Å². The highest BCUT2D eigenvalue weighted by Gasteiger charge is 2.29. The van der Waals surface area contributed by atoms with Crippen molar-refractivity contribution in [2.45, 2.75) is 44.2 Å². The van der Waals surface area contributed by atoms with Crippen LogP contribution in [-0.4, -0.2) is 43.3 Å². The SMILES string of the molecule is CSCCCC(CN)NCC1(C)CCCO1. The number of hydrogen-bond donors (Lipinski definition) is 2. The average Bonchev–Trinajstić information content (AvgIpc) is 2.71. The first-order valence-corrected chi connectivity index (χ1v) is 7.66. The van der Waals surface area contributed by atoms with E-state index in [2.05, 4.69) is 18.5 Å². The number of nitrogens with two attached hydrogens (primary N) is 1. The zero-order valence-corrected chi connectivity index (χ0v) is 11.4. The Morgan fingerprint density at radius 2 is 2.38 bits per heavy atom. The lowest BCUT2D eigenvalue weighted by molar-refractivity contribution is 0.0187. The number of nitrogens with one attached hydrogen (secondary N) is 1. The Labute approximate surface area is 104 Å². The van der Waals surface area contributed by atoms with E-state index in [1.54, 1.807) is 0 Å². The van der Waals surface area contributed by atoms with E-state index in [0.717, 1.165) is 19.7 Å². The highest BCUT2D eigenvalue weighted by Crippen LogP contribution is 2.24. The maximum absolute atomic E-state index is 5.77. The van der Waals surface area contributed by atoms with Crippen LogP contribution in [-0.2, 0) is 4.74 Å². The van der Waals surface area contributed by atoms with Crippen molar-refractivity contribution in [3.8, 4) is 0 Å². The number of thioether (sulfide) groups is 1. The molecular weight excluding hydrogens is 220 g/mol. The van der Waals surface area contributed by atoms with E-state index in [9.17, 15) is 0 Å². The van der Waals surface area contributed by atoms with Gasteiger partial charge in [0.05, 0.1) is 5.60 Å². The molecule has 0 aromatic rings. The predicted molar refractivity (Wildman–Crippen MR) is 72.1 cm³/mol. The smallest absolute Gasteiger partial charge is 0.0779 e. The summed E-state index contributed by atoms with van der Waals surface area (Å²) in [5.41, 5.74) is 5.82. The van der Waals surface area contributed by atoms with Gasteiger partial charge in [0.25, 0.3) is 0 Å². The zero-order valence-electron chi connectivity index (χ0n) is 10.6. The third-order valence-corrected chi connectivity index (χ3v) is 3.95. The molecular formula is C12H26N2OS. The summed E-state index contributed by atoms with van der Waals surface area (Å²) in [4.78, 5) is 0. The molecule has 0 aromatic carbocycles. The monoisotopic (exact) mass is 246 g/mol. The van der Waals surface area contributed by atoms with Gasteiger partial charge in [0.15, 0.2) is 0 Å². The van der Waals surface area contributed by atoms with Crippen LogP contribution < -0.4 is 11.1 Å². The van der Waals surface area contributed by atoms with Crippen LogP contribution in [0.3, 0.4) is 0 Å². The van der Waals surface area contributed by atoms with Crippen molar-refractivity contribution in [3.05, 3.63) is 0 Å². The summed E-state index contributed by atoms with van der Waals surface area (Å²) in [6.07, 6.45) is 6.93. The van der Waals surface area contributed by atoms with E-state index >= 15 is 0 Å². The molecule has 0 radical (unpaired) electrons. The standard InChI is InChI=1S/C12H26N2OS/c1-12(6-4-7-15-12)10-14-11(9-13)5-3-8-16-2/h11,14H,3-10,13H2,1-2H3. The molecule has 1 saturated heterocycles. The van der Waals surface area contributed by atoms with Crippen LogP contribution in [0.4, 0.5) is 0 Å². The lowest BCUT2D eigenvalue weighted by atomic mass is 10.0. The zero-order chi connectivity index (χ0) is 11.9. The van der Waals surface area contributed by atoms with Crippen LogP contribution in [0.25, 0.3) is 0 Å². The van der Waals surface area contributed by atoms with Crippen molar-refractivity contribution in [1.82, 2.24) is 5.32 Å². The second-order valence-corrected chi connectivity index (χ2v) is 5.84. The third-order valence-electron chi connectivity index (χ3n) is 3.25. The Hall–Kier alpha value is 0.230. The van der Waals surface area contributed by atoms with Gasteiger partial charge >= 0.3 is 0 Å². The Morgan fingerprint density at radius 1 is 1.56 bits per heavy atom. The average molecular weight is 246 g/mol. The van der Waals surface area contributed by atoms with E-state index < -0.39 is 0 Å². The highest BCUT2D eigenvalue weighted by atomic mass is 32.2. The molecule has 0 spiro atoms. The van der Waals surface area contributed by atoms with E-state index in [1.165, 1.54) is 31.4 Å². The van der Waals surface area contributed by atoms with Gasteiger partial charge in [-0.25, -0.2) is 0 Å². The first-order valence-electron chi connectivity index (χ1n) is 6.26. The molecule has 0 amide bonds. The molecule has 1 aliphatic rings. The van der Waals surface area contributed by atoms with Gasteiger partial charge in [0.2, 0.25) is 0 Å². The fourth-order valence-electron chi connectivity index (χ4n) is 2.11. The minimum atomic E-state index is 0.0485. The summed E-state index contributed by atoms with van der Waals surface area (Å²) in [6, 6.07) is 0.452. The molecule has 96 valence electrons. The minimum Gasteiger partial charge on any atom is -0.374 e. The molecule has 0 bridgehead atoms. The van der Waals surface area contributed by atoms with Crippen molar-refractivity contribution in [1.29, 1.82) is 0 Å². The summed E-state index contributed by atoms with van der Waals surface area (Å²) < 4.78 is 5.75. The molecule has 1 fully saturated rings. The molecule has 1 aliphatic heterocycles. The first kappa shape index (κ1) is 14.3. The highest BCUT2D eigenvalue weighted by molar-refractivity contribution is 7.98. The molecule has 16 heavy (non-hydrogen) atoms. The van der Waals surface area contributed by atoms with Crippen molar-refractivity contribution in [3.63, 3.8) is 0 Å². The summed E-state index contributed by atoms with van der Waals surface area (Å²) in [6.45, 7) is 4.78. The molecule has 0 aliphatic carbocycles. The predicted octanol–water partition coefficient (Wildman–Crippen LogP) is 1.62. The van der Waals surface area contributed by atoms with Crippen molar-refractivity contribution in [2.24, 2.45) is 5.73 Å². The van der Waals surface area contributed by atoms with Gasteiger partial charge in [-0.2, -0.15) is 11.8 Å². The Kier molecular flexibility index (Phi) is 6.73. The Morgan fingerprint density at radius 3 is 2.94 bits per heavy atom. The lowest BCUT2D eigenvalue weighted by Crippen LogP contribution is -2.45. The van der Waals surface area contributed by atoms with Gasteiger partial charge in [-0.15, -0.1) is 0 Å². The normalized spacial score (nSPS) is 27.2. The topological polar surface area (TPSA) is 47.3 Å². The van der Waals surface area contributed by atoms with Gasteiger partial charge in [-0.3, -0.25) is 0 Å². The summed E-state index contributed by atoms with van der Waals surface area (Å²) in [5.74, 6) is 1.23. The molecule has 2 unspecified atom stereocenters. The number of rotatable bonds is 8. The second kappa shape index (κ2) is 7.54. The van der Waals surface area contributed by atoms with Gasteiger partial charge in [-0.1, -0.05) is 0 Å². The summed E-state index contributed by atoms with van der Waals surface area (Å²) in [7, 11) is 0. The second-order valence-electron chi connectivity index (χ2n) is 4.85. The van der Waals surface area contributed by atoms with Gasteiger partial charge in [0.1, 0.15) is 0 Å². The van der Waals surface area contributed by atoms with Crippen LogP contribution in [0, 0.1) is 0 Å². The molecule has 3 N–H and O–H groups in total. The third kappa shape index (κ3) is 5.04. The van der Waals surface area contributed by atoms with Crippen molar-refractivity contribution >= 4 is 11.8 Å². The van der Waals surface area contributed by atoms with Crippen LogP contribution in [0.5, 0.6) is 0 Å². The molecule has 0 saturated carbocycles. The van der Waals surface area contributed by atoms with Crippen LogP contribution in [0.2, 0.25) is 0 Å². The van der Waals surface area contributed by atoms with E-state index in [1.807, 2.05) is 11.8 Å². The van der Waals surface area contributed by atoms with Crippen LogP contribution >= 0.6 is 11.8 Å². The number of hydrogen-bond acceptors (Lipinski definition) is 4. The maximum atomic E-state index is 5.77. The summed E-state index contributed by atoms with van der Waals surface area (Å²) >= 11 is 1.90. The Balaban J connectivity index is 2.17. The fourth-order valence-corrected chi connectivity index (χ4v) is 2.57. The van der Waals surface area contributed by atoms with Gasteiger partial charge < -0.3 is 15.8 Å². The van der Waals surface area contributed by atoms with Crippen LogP contribution in [0.15, 0.2) is 0 Å². The fraction of sp³-hybridized carbons (Fsp3) is 1.00. The van der Waals surface area contributed by atoms with Crippen molar-refractivity contribution < 1.29 is 4.74 Å². The largest absolute Gasteiger partial charge is 0.374 e. The van der Waals surface area contributed by atoms with Crippen LogP contribution in [0.1, 0.15) is 32.6 Å². The molecule has 0 aromatic heterocycles. The molecule has 3 nitrogen and oxygen atoms in total. The molecule has 4 heteroatoms. The van der Waals surface area contributed by atoms with E-state index in [-0.39, 0.29) is 5.60 Å². The summed E-state index contributed by atoms with van der Waals surface area (Å²) in [5, 5.41) is 3.55. The first-order chi connectivity index (χ1) is 7.70. The minimum absolute atomic E-state index is 0.0485. The lowest BCUT2D eigenvalue weighted by Gasteiger charge is -2.27. The van der Waals surface area contributed by atoms with Gasteiger partial charge in [0, 0.05) is 25.7 Å². The number of ether oxygens (including phenoxy) is 1. The molecule has 1 rings (SSSR count). The van der Waals surface area contributed by atoms with Gasteiger partial charge in [-0.05, 0) is 44.6 Å². The molecule has 1 heterocycles. The maximum Gasteiger partial charge on any atom is 0.0779 e. The van der Waals surface area contributed by atoms with Crippen molar-refractivity contribution in [2.75, 3.05) is 31.7 Å². The quantitative estimate of drug-likeness (QED) is 0.639.